The van der Waals surface area contributed by atoms with Gasteiger partial charge in [0.2, 0.25) is 21.8 Å². The van der Waals surface area contributed by atoms with Crippen molar-refractivity contribution < 1.29 is 27.5 Å². The van der Waals surface area contributed by atoms with Crippen LogP contribution in [0, 0.1) is 0 Å². The number of sulfonamides is 1. The highest BCUT2D eigenvalue weighted by Gasteiger charge is 2.50. The predicted molar refractivity (Wildman–Crippen MR) is 179 cm³/mol. The molecule has 1 atom stereocenters. The summed E-state index contributed by atoms with van der Waals surface area (Å²) in [5, 5.41) is 0.618. The molecule has 2 aromatic heterocycles. The molecule has 4 aromatic rings. The minimum absolute atomic E-state index is 0.0506. The zero-order valence-electron chi connectivity index (χ0n) is 26.9. The third kappa shape index (κ3) is 6.55. The standard InChI is InChI=1S/C33H38N6O6S2/c1-36(2)16-17-38(20-23-8-6-5-7-9-23)47(42,43)24-10-12-27-25(18-24)33(14-15-37(21-33)32(41)45-4)22-39(27)30(40)19-29-34-26-11-13-28(44-3)35-31(26)46-29/h5-13,18H,14-17,19-22H2,1-4H3/t33-/m1/s1. The second-order valence-electron chi connectivity index (χ2n) is 12.2. The summed E-state index contributed by atoms with van der Waals surface area (Å²) in [6.45, 7) is 2.12. The van der Waals surface area contributed by atoms with Gasteiger partial charge in [0.1, 0.15) is 15.4 Å². The zero-order chi connectivity index (χ0) is 33.3. The van der Waals surface area contributed by atoms with Crippen LogP contribution >= 0.6 is 11.3 Å². The number of fused-ring (bicyclic) bond motifs is 3. The Labute approximate surface area is 278 Å². The molecule has 14 heteroatoms. The summed E-state index contributed by atoms with van der Waals surface area (Å²) in [6, 6.07) is 18.1. The molecule has 12 nitrogen and oxygen atoms in total. The lowest BCUT2D eigenvalue weighted by Crippen LogP contribution is -2.40. The average molecular weight is 679 g/mol. The Kier molecular flexibility index (Phi) is 9.20. The van der Waals surface area contributed by atoms with E-state index in [9.17, 15) is 18.0 Å². The molecule has 0 bridgehead atoms. The molecule has 0 N–H and O–H groups in total. The molecule has 6 rings (SSSR count). The Hall–Kier alpha value is -4.11. The molecule has 0 aliphatic carbocycles. The van der Waals surface area contributed by atoms with E-state index < -0.39 is 21.5 Å². The first-order valence-corrected chi connectivity index (χ1v) is 17.6. The van der Waals surface area contributed by atoms with Gasteiger partial charge in [0.05, 0.1) is 25.5 Å². The third-order valence-corrected chi connectivity index (χ3v) is 11.6. The van der Waals surface area contributed by atoms with Gasteiger partial charge in [-0.25, -0.2) is 23.2 Å². The number of pyridine rings is 1. The number of thiazole rings is 1. The number of likely N-dealkylation sites (N-methyl/N-ethyl adjacent to an activating group) is 1. The summed E-state index contributed by atoms with van der Waals surface area (Å²) in [5.41, 5.74) is 2.30. The normalized spacial score (nSPS) is 17.7. The van der Waals surface area contributed by atoms with E-state index in [-0.39, 0.29) is 23.8 Å². The number of hydrogen-bond donors (Lipinski definition) is 0. The van der Waals surface area contributed by atoms with Crippen LogP contribution in [0.3, 0.4) is 0 Å². The van der Waals surface area contributed by atoms with Crippen molar-refractivity contribution in [3.8, 4) is 5.88 Å². The number of amides is 2. The van der Waals surface area contributed by atoms with Crippen molar-refractivity contribution in [2.75, 3.05) is 65.9 Å². The second-order valence-corrected chi connectivity index (χ2v) is 15.2. The quantitative estimate of drug-likeness (QED) is 0.247. The number of carbonyl (C=O) groups is 2. The van der Waals surface area contributed by atoms with Crippen LogP contribution in [-0.2, 0) is 37.9 Å². The highest BCUT2D eigenvalue weighted by molar-refractivity contribution is 7.89. The smallest absolute Gasteiger partial charge is 0.409 e. The minimum Gasteiger partial charge on any atom is -0.481 e. The second kappa shape index (κ2) is 13.2. The van der Waals surface area contributed by atoms with Crippen LogP contribution in [-0.4, -0.2) is 106 Å². The van der Waals surface area contributed by atoms with Gasteiger partial charge in [0.15, 0.2) is 0 Å². The van der Waals surface area contributed by atoms with Crippen molar-refractivity contribution in [1.29, 1.82) is 0 Å². The fraction of sp³-hybridized carbons (Fsp3) is 0.394. The number of anilines is 1. The average Bonchev–Trinajstić information content (AvgIpc) is 3.77. The van der Waals surface area contributed by atoms with Crippen LogP contribution in [0.4, 0.5) is 10.5 Å². The van der Waals surface area contributed by atoms with Crippen LogP contribution in [0.15, 0.2) is 65.6 Å². The van der Waals surface area contributed by atoms with Crippen molar-refractivity contribution in [2.45, 2.75) is 29.7 Å². The molecule has 47 heavy (non-hydrogen) atoms. The lowest BCUT2D eigenvalue weighted by molar-refractivity contribution is -0.118. The van der Waals surface area contributed by atoms with Gasteiger partial charge in [0, 0.05) is 56.4 Å². The van der Waals surface area contributed by atoms with Crippen LogP contribution in [0.25, 0.3) is 10.3 Å². The number of hydrogen-bond acceptors (Lipinski definition) is 10. The molecule has 1 saturated heterocycles. The first-order chi connectivity index (χ1) is 22.5. The molecule has 248 valence electrons. The first kappa shape index (κ1) is 32.8. The van der Waals surface area contributed by atoms with Crippen molar-refractivity contribution in [1.82, 2.24) is 24.1 Å². The topological polar surface area (TPSA) is 125 Å². The van der Waals surface area contributed by atoms with E-state index in [0.29, 0.717) is 66.1 Å². The van der Waals surface area contributed by atoms with Gasteiger partial charge in [-0.05, 0) is 55.9 Å². The summed E-state index contributed by atoms with van der Waals surface area (Å²) in [4.78, 5) is 41.7. The SMILES string of the molecule is COC(=O)N1CC[C@@]2(C1)CN(C(=O)Cc1nc3ccc(OC)nc3s1)c1ccc(S(=O)(=O)N(CCN(C)C)Cc3ccccc3)cc12. The largest absolute Gasteiger partial charge is 0.481 e. The number of carbonyl (C=O) groups excluding carboxylic acids is 2. The molecule has 4 heterocycles. The van der Waals surface area contributed by atoms with Gasteiger partial charge in [-0.2, -0.15) is 4.31 Å². The minimum atomic E-state index is -3.93. The monoisotopic (exact) mass is 678 g/mol. The van der Waals surface area contributed by atoms with E-state index in [1.807, 2.05) is 55.4 Å². The van der Waals surface area contributed by atoms with E-state index >= 15 is 0 Å². The molecule has 2 aliphatic heterocycles. The fourth-order valence-corrected chi connectivity index (χ4v) is 8.69. The molecule has 0 radical (unpaired) electrons. The Morgan fingerprint density at radius 2 is 1.79 bits per heavy atom. The number of benzene rings is 2. The number of nitrogens with zero attached hydrogens (tertiary/aromatic N) is 6. The summed E-state index contributed by atoms with van der Waals surface area (Å²) in [6.07, 6.45) is 0.156. The lowest BCUT2D eigenvalue weighted by atomic mass is 9.81. The summed E-state index contributed by atoms with van der Waals surface area (Å²) < 4.78 is 40.3. The van der Waals surface area contributed by atoms with E-state index in [1.54, 1.807) is 41.2 Å². The number of aromatic nitrogens is 2. The van der Waals surface area contributed by atoms with E-state index in [4.69, 9.17) is 9.47 Å². The predicted octanol–water partition coefficient (Wildman–Crippen LogP) is 3.75. The maximum absolute atomic E-state index is 14.3. The Morgan fingerprint density at radius 3 is 2.51 bits per heavy atom. The van der Waals surface area contributed by atoms with Crippen molar-refractivity contribution >= 4 is 49.4 Å². The molecule has 2 aromatic carbocycles. The Bertz CT molecular complexity index is 1900. The highest BCUT2D eigenvalue weighted by atomic mass is 32.2. The molecule has 2 aliphatic rings. The Balaban J connectivity index is 1.35. The van der Waals surface area contributed by atoms with Crippen LogP contribution in [0.2, 0.25) is 0 Å². The molecule has 1 spiro atoms. The molecular formula is C33H38N6O6S2. The molecule has 0 saturated carbocycles. The van der Waals surface area contributed by atoms with E-state index in [1.165, 1.54) is 22.8 Å². The molecule has 0 unspecified atom stereocenters. The van der Waals surface area contributed by atoms with Gasteiger partial charge < -0.3 is 24.2 Å². The zero-order valence-corrected chi connectivity index (χ0v) is 28.5. The first-order valence-electron chi connectivity index (χ1n) is 15.3. The van der Waals surface area contributed by atoms with Gasteiger partial charge in [-0.3, -0.25) is 4.79 Å². The van der Waals surface area contributed by atoms with Crippen LogP contribution < -0.4 is 9.64 Å². The fourth-order valence-electron chi connectivity index (χ4n) is 6.33. The Morgan fingerprint density at radius 1 is 1.00 bits per heavy atom. The summed E-state index contributed by atoms with van der Waals surface area (Å²) >= 11 is 1.34. The van der Waals surface area contributed by atoms with Crippen LogP contribution in [0.5, 0.6) is 5.88 Å². The van der Waals surface area contributed by atoms with E-state index in [0.717, 1.165) is 11.1 Å². The summed E-state index contributed by atoms with van der Waals surface area (Å²) in [7, 11) is 2.78. The maximum atomic E-state index is 14.3. The van der Waals surface area contributed by atoms with Crippen molar-refractivity contribution in [2.24, 2.45) is 0 Å². The molecule has 1 fully saturated rings. The summed E-state index contributed by atoms with van der Waals surface area (Å²) in [5.74, 6) is 0.304. The third-order valence-electron chi connectivity index (χ3n) is 8.80. The number of likely N-dealkylation sites (tertiary alicyclic amines) is 1. The number of rotatable bonds is 10. The van der Waals surface area contributed by atoms with Gasteiger partial charge in [-0.1, -0.05) is 41.7 Å². The van der Waals surface area contributed by atoms with Gasteiger partial charge in [0.25, 0.3) is 0 Å². The van der Waals surface area contributed by atoms with Crippen LogP contribution in [0.1, 0.15) is 22.6 Å². The van der Waals surface area contributed by atoms with Crippen molar-refractivity contribution in [3.63, 3.8) is 0 Å². The molecular weight excluding hydrogens is 641 g/mol. The van der Waals surface area contributed by atoms with Gasteiger partial charge >= 0.3 is 6.09 Å². The number of ether oxygens (including phenoxy) is 2. The van der Waals surface area contributed by atoms with Gasteiger partial charge in [-0.15, -0.1) is 0 Å². The van der Waals surface area contributed by atoms with Crippen molar-refractivity contribution in [3.05, 3.63) is 76.8 Å². The maximum Gasteiger partial charge on any atom is 0.409 e. The number of methoxy groups -OCH3 is 2. The molecule has 2 amide bonds. The van der Waals surface area contributed by atoms with E-state index in [2.05, 4.69) is 9.97 Å². The lowest BCUT2D eigenvalue weighted by Gasteiger charge is -2.26. The highest BCUT2D eigenvalue weighted by Crippen LogP contribution is 2.48.